The lowest BCUT2D eigenvalue weighted by atomic mass is 9.73. The normalized spacial score (nSPS) is 51.0. The Labute approximate surface area is 374 Å². The number of aliphatic hydroxyl groups excluding tert-OH is 14. The van der Waals surface area contributed by atoms with Crippen LogP contribution >= 0.6 is 0 Å². The second kappa shape index (κ2) is 22.4. The second-order valence-corrected chi connectivity index (χ2v) is 18.9. The number of hydrogen-bond donors (Lipinski definition) is 14. The number of aliphatic hydroxyl groups is 16. The lowest BCUT2D eigenvalue weighted by molar-refractivity contribution is -0.389. The number of carbonyl (C=O) groups excluding carboxylic acids is 1. The van der Waals surface area contributed by atoms with Crippen molar-refractivity contribution in [1.29, 1.82) is 0 Å². The summed E-state index contributed by atoms with van der Waals surface area (Å²) in [5, 5.41) is 148. The van der Waals surface area contributed by atoms with Crippen LogP contribution in [0.3, 0.4) is 0 Å². The number of rotatable bonds is 13. The fraction of sp³-hybridized carbons (Fsp3) is 0.929. The molecular formula is C42H69O23+. The quantitative estimate of drug-likeness (QED) is 0.0464. The summed E-state index contributed by atoms with van der Waals surface area (Å²) in [5.74, 6) is -1.75. The number of fused-ring (bicyclic) bond motifs is 1. The van der Waals surface area contributed by atoms with Crippen molar-refractivity contribution in [2.45, 2.75) is 205 Å². The summed E-state index contributed by atoms with van der Waals surface area (Å²) in [6.07, 6.45) is -25.3. The lowest BCUT2D eigenvalue weighted by Gasteiger charge is -2.50. The number of ether oxygens (including phenoxy) is 8. The molecule has 23 nitrogen and oxygen atoms in total. The van der Waals surface area contributed by atoms with Crippen LogP contribution in [0.1, 0.15) is 64.2 Å². The monoisotopic (exact) mass is 941 g/mol. The maximum Gasteiger partial charge on any atom is 0.330 e. The largest absolute Gasteiger partial charge is 0.460 e. The molecule has 4 saturated heterocycles. The van der Waals surface area contributed by atoms with E-state index < -0.39 is 173 Å². The fourth-order valence-corrected chi connectivity index (χ4v) is 10.5. The Bertz CT molecular complexity index is 1530. The molecule has 7 fully saturated rings. The van der Waals surface area contributed by atoms with Crippen molar-refractivity contribution >= 4 is 5.97 Å². The first-order chi connectivity index (χ1) is 31.0. The van der Waals surface area contributed by atoms with Crippen LogP contribution in [0.2, 0.25) is 0 Å². The van der Waals surface area contributed by atoms with Gasteiger partial charge in [-0.3, -0.25) is 0 Å². The lowest BCUT2D eigenvalue weighted by Crippen LogP contribution is -2.66. The molecule has 65 heavy (non-hydrogen) atoms. The highest BCUT2D eigenvalue weighted by atomic mass is 16.8. The van der Waals surface area contributed by atoms with E-state index in [-0.39, 0.29) is 37.5 Å². The molecule has 374 valence electrons. The first kappa shape index (κ1) is 51.2. The third-order valence-corrected chi connectivity index (χ3v) is 14.4. The van der Waals surface area contributed by atoms with Crippen LogP contribution in [0.5, 0.6) is 0 Å². The van der Waals surface area contributed by atoms with Gasteiger partial charge in [0, 0.05) is 24.8 Å². The minimum atomic E-state index is -1.97. The number of hydrogen-bond acceptors (Lipinski definition) is 22. The van der Waals surface area contributed by atoms with Crippen molar-refractivity contribution < 1.29 is 114 Å². The topological polar surface area (TPSA) is 378 Å². The summed E-state index contributed by atoms with van der Waals surface area (Å²) in [7, 11) is 0. The summed E-state index contributed by atoms with van der Waals surface area (Å²) in [4.78, 5) is 12.6. The molecular weight excluding hydrogens is 872 g/mol. The zero-order valence-corrected chi connectivity index (χ0v) is 35.8. The van der Waals surface area contributed by atoms with Gasteiger partial charge in [0.2, 0.25) is 0 Å². The molecule has 4 heterocycles. The molecule has 3 saturated carbocycles. The highest BCUT2D eigenvalue weighted by Crippen LogP contribution is 2.44. The fourth-order valence-electron chi connectivity index (χ4n) is 10.5. The molecule has 4 aliphatic heterocycles. The molecule has 0 bridgehead atoms. The van der Waals surface area contributed by atoms with Crippen LogP contribution < -0.4 is 0 Å². The molecule has 0 aromatic carbocycles. The summed E-state index contributed by atoms with van der Waals surface area (Å²) in [6.45, 7) is -2.11. The minimum absolute atomic E-state index is 0.0371. The van der Waals surface area contributed by atoms with Crippen molar-refractivity contribution in [3.8, 4) is 0 Å². The van der Waals surface area contributed by atoms with E-state index >= 15 is 0 Å². The van der Waals surface area contributed by atoms with Gasteiger partial charge in [0.1, 0.15) is 86.0 Å². The molecule has 23 heteroatoms. The predicted octanol–water partition coefficient (Wildman–Crippen LogP) is -6.20. The average molecular weight is 942 g/mol. The van der Waals surface area contributed by atoms with Crippen molar-refractivity contribution in [1.82, 2.24) is 0 Å². The molecule has 24 unspecified atom stereocenters. The number of esters is 1. The summed E-state index contributed by atoms with van der Waals surface area (Å²) >= 11 is 0. The van der Waals surface area contributed by atoms with Crippen molar-refractivity contribution in [2.75, 3.05) is 19.8 Å². The van der Waals surface area contributed by atoms with Crippen molar-refractivity contribution in [3.05, 3.63) is 12.2 Å². The molecule has 0 aromatic heterocycles. The molecule has 0 aromatic rings. The third kappa shape index (κ3) is 11.7. The Balaban J connectivity index is 1.09. The standard InChI is InChI=1S/C42H68O23/c43-13-26-30(50)33(53)36(56)40(62-26)60-24-11-19(46)10-23-20(24)12-25(38(59-23)17-3-5-18(45)6-4-17)61-42-39(35(55)31(51)27(14-44)63-42)65-41-37(57)34(54)32(52)28(64-41)15-58-29(49)8-2-16-1-7-21(47)22(48)9-16/h2,8,16-28,30-48,50-57H,1,3-7,9-15H2/p+1. The molecule has 0 spiro atoms. The van der Waals surface area contributed by atoms with Crippen LogP contribution in [0.25, 0.3) is 0 Å². The van der Waals surface area contributed by atoms with E-state index in [1.165, 1.54) is 6.08 Å². The van der Waals surface area contributed by atoms with Crippen LogP contribution in [-0.4, -0.2) is 243 Å². The molecule has 24 atom stereocenters. The van der Waals surface area contributed by atoms with E-state index in [0.29, 0.717) is 38.5 Å². The van der Waals surface area contributed by atoms with E-state index in [1.807, 2.05) is 0 Å². The minimum Gasteiger partial charge on any atom is -0.460 e. The van der Waals surface area contributed by atoms with Crippen LogP contribution in [0.4, 0.5) is 0 Å². The molecule has 7 rings (SSSR count). The molecule has 0 amide bonds. The van der Waals surface area contributed by atoms with Gasteiger partial charge in [-0.05, 0) is 57.3 Å². The summed E-state index contributed by atoms with van der Waals surface area (Å²) in [6, 6.07) is 0. The average Bonchev–Trinajstić information content (AvgIpc) is 3.29. The van der Waals surface area contributed by atoms with Gasteiger partial charge in [0.25, 0.3) is 0 Å². The summed E-state index contributed by atoms with van der Waals surface area (Å²) in [5.41, 5.74) is 0. The van der Waals surface area contributed by atoms with Gasteiger partial charge >= 0.3 is 5.97 Å². The van der Waals surface area contributed by atoms with Gasteiger partial charge in [-0.25, -0.2) is 4.79 Å². The Kier molecular flexibility index (Phi) is 17.7. The third-order valence-electron chi connectivity index (χ3n) is 14.4. The van der Waals surface area contributed by atoms with Gasteiger partial charge in [-0.15, -0.1) is 0 Å². The zero-order valence-electron chi connectivity index (χ0n) is 35.8. The maximum absolute atomic E-state index is 12.6. The van der Waals surface area contributed by atoms with Gasteiger partial charge in [0.05, 0.1) is 49.7 Å². The SMILES string of the molecule is O=C(C=CC1CCC(O)C(O)C1)OCC1OC(OC2C(OC3CC4C(OC5OC(CO)C(O)C(O)C5O)CC(O)CC4[OH+]C3C3CCC(O)CC3)OC(CO)C(O)C2O)C(O)C(O)C1O. The predicted molar refractivity (Wildman–Crippen MR) is 213 cm³/mol. The molecule has 0 radical (unpaired) electrons. The first-order valence-corrected chi connectivity index (χ1v) is 22.8. The van der Waals surface area contributed by atoms with E-state index in [1.54, 1.807) is 0 Å². The maximum atomic E-state index is 12.6. The molecule has 7 aliphatic rings. The Hall–Kier alpha value is -1.63. The number of allylic oxidation sites excluding steroid dienone is 1. The smallest absolute Gasteiger partial charge is 0.330 e. The molecule has 3 aliphatic carbocycles. The summed E-state index contributed by atoms with van der Waals surface area (Å²) < 4.78 is 46.8. The van der Waals surface area contributed by atoms with E-state index in [0.717, 1.165) is 6.08 Å². The Morgan fingerprint density at radius 1 is 0.554 bits per heavy atom. The first-order valence-electron chi connectivity index (χ1n) is 22.8. The van der Waals surface area contributed by atoms with Crippen LogP contribution in [0.15, 0.2) is 12.2 Å². The highest BCUT2D eigenvalue weighted by Gasteiger charge is 2.57. The Morgan fingerprint density at radius 3 is 1.78 bits per heavy atom. The van der Waals surface area contributed by atoms with Gasteiger partial charge in [-0.2, -0.15) is 0 Å². The second-order valence-electron chi connectivity index (χ2n) is 18.9. The number of carbonyl (C=O) groups is 1. The van der Waals surface area contributed by atoms with E-state index in [2.05, 4.69) is 0 Å². The zero-order chi connectivity index (χ0) is 46.9. The Morgan fingerprint density at radius 2 is 1.14 bits per heavy atom. The van der Waals surface area contributed by atoms with Crippen molar-refractivity contribution in [3.63, 3.8) is 0 Å². The molecule has 15 N–H and O–H groups in total. The highest BCUT2D eigenvalue weighted by molar-refractivity contribution is 5.81. The van der Waals surface area contributed by atoms with Crippen LogP contribution in [-0.2, 0) is 38.0 Å². The van der Waals surface area contributed by atoms with Gasteiger partial charge in [0.15, 0.2) is 31.1 Å². The van der Waals surface area contributed by atoms with Gasteiger partial charge in [-0.1, -0.05) is 6.08 Å². The van der Waals surface area contributed by atoms with E-state index in [9.17, 15) is 76.3 Å². The van der Waals surface area contributed by atoms with Crippen LogP contribution in [0, 0.1) is 17.8 Å². The van der Waals surface area contributed by atoms with Crippen molar-refractivity contribution in [2.24, 2.45) is 17.8 Å². The van der Waals surface area contributed by atoms with E-state index in [4.69, 9.17) is 37.9 Å². The van der Waals surface area contributed by atoms with Gasteiger partial charge < -0.3 is 109 Å².